The smallest absolute Gasteiger partial charge is 0.258 e. The number of nitrogens with zero attached hydrogens (tertiary/aromatic N) is 2. The Hall–Kier alpha value is -4.91. The third-order valence-electron chi connectivity index (χ3n) is 10.6. The quantitative estimate of drug-likeness (QED) is 0.108. The van der Waals surface area contributed by atoms with E-state index in [1.807, 2.05) is 112 Å². The molecule has 1 aliphatic heterocycles. The highest BCUT2D eigenvalue weighted by Gasteiger charge is 2.55. The van der Waals surface area contributed by atoms with Crippen LogP contribution in [0.5, 0.6) is 0 Å². The zero-order valence-electron chi connectivity index (χ0n) is 31.4. The highest BCUT2D eigenvalue weighted by Crippen LogP contribution is 2.54. The first kappa shape index (κ1) is 39.3. The van der Waals surface area contributed by atoms with E-state index in [2.05, 4.69) is 15.6 Å². The molecule has 4 aromatic carbocycles. The number of aliphatic hydroxyl groups is 1. The highest BCUT2D eigenvalue weighted by molar-refractivity contribution is 8.02. The number of likely N-dealkylation sites (tertiary alicyclic amines) is 1. The first-order chi connectivity index (χ1) is 26.8. The molecule has 8 nitrogen and oxygen atoms in total. The third kappa shape index (κ3) is 7.87. The number of β-amino-alcohol motifs (C(OH)–C–C–N with tert-alkyl or cyclic N) is 1. The molecule has 2 aliphatic rings. The van der Waals surface area contributed by atoms with E-state index in [0.717, 1.165) is 27.3 Å². The number of aromatic nitrogens is 1. The summed E-state index contributed by atoms with van der Waals surface area (Å²) in [6.07, 6.45) is -1.00. The number of thiazole rings is 1. The number of halogens is 2. The van der Waals surface area contributed by atoms with E-state index in [9.17, 15) is 19.5 Å². The molecular weight excluding hydrogens is 751 g/mol. The molecule has 56 heavy (non-hydrogen) atoms. The normalized spacial score (nSPS) is 18.3. The fourth-order valence-corrected chi connectivity index (χ4v) is 10.1. The van der Waals surface area contributed by atoms with E-state index in [4.69, 9.17) is 0 Å². The molecule has 2 heterocycles. The summed E-state index contributed by atoms with van der Waals surface area (Å²) >= 11 is 2.86. The van der Waals surface area contributed by atoms with Crippen molar-refractivity contribution in [2.24, 2.45) is 0 Å². The van der Waals surface area contributed by atoms with Crippen molar-refractivity contribution >= 4 is 40.8 Å². The highest BCUT2D eigenvalue weighted by atomic mass is 32.2. The van der Waals surface area contributed by atoms with Crippen LogP contribution < -0.4 is 10.6 Å². The molecule has 2 fully saturated rings. The molecule has 12 heteroatoms. The van der Waals surface area contributed by atoms with E-state index in [-0.39, 0.29) is 37.9 Å². The van der Waals surface area contributed by atoms with Crippen LogP contribution in [0.1, 0.15) is 61.1 Å². The topological polar surface area (TPSA) is 112 Å². The van der Waals surface area contributed by atoms with Gasteiger partial charge in [0.25, 0.3) is 5.91 Å². The van der Waals surface area contributed by atoms with Crippen LogP contribution in [0.25, 0.3) is 10.4 Å². The monoisotopic (exact) mass is 794 g/mol. The fourth-order valence-electron chi connectivity index (χ4n) is 7.46. The van der Waals surface area contributed by atoms with Gasteiger partial charge in [-0.15, -0.1) is 23.1 Å². The Labute approximate surface area is 333 Å². The van der Waals surface area contributed by atoms with Crippen LogP contribution in [-0.2, 0) is 25.7 Å². The van der Waals surface area contributed by atoms with Crippen LogP contribution in [0.2, 0.25) is 0 Å². The Kier molecular flexibility index (Phi) is 11.2. The number of aryl methyl sites for hydroxylation is 1. The molecule has 1 saturated carbocycles. The van der Waals surface area contributed by atoms with Crippen LogP contribution in [0, 0.1) is 12.7 Å². The standard InChI is InChI=1S/C44H44F2N4O4S2/c1-28-37(55-27-48-28)29-19-20-30(35(45)23-29)25-47-39(52)36-24-34(51)26-50(36)40(53)38(49-41(54)43(46)21-22-43)42(2,3)56-44(31-13-7-4-8-14-31,32-15-9-5-10-16-32)33-17-11-6-12-18-33/h4-20,23,27,34,36,38,51H,21-22,24-26H2,1-3H3,(H,47,52)(H,49,54)/t34-,36+,38-/m1/s1. The maximum atomic E-state index is 15.4. The SMILES string of the molecule is Cc1ncsc1-c1ccc(CNC(=O)[C@@H]2C[C@@H](O)CN2C(=O)[C@@H](NC(=O)C2(F)CC2)C(C)(C)SC(c2ccccc2)(c2ccccc2)c2ccccc2)c(F)c1. The van der Waals surface area contributed by atoms with Crippen LogP contribution >= 0.6 is 23.1 Å². The van der Waals surface area contributed by atoms with E-state index in [1.165, 1.54) is 34.1 Å². The number of rotatable bonds is 13. The second-order valence-electron chi connectivity index (χ2n) is 15.0. The summed E-state index contributed by atoms with van der Waals surface area (Å²) in [7, 11) is 0. The predicted octanol–water partition coefficient (Wildman–Crippen LogP) is 7.33. The van der Waals surface area contributed by atoms with Crippen LogP contribution in [0.3, 0.4) is 0 Å². The molecule has 0 bridgehead atoms. The fraction of sp³-hybridized carbons (Fsp3) is 0.318. The van der Waals surface area contributed by atoms with Crippen molar-refractivity contribution in [1.82, 2.24) is 20.5 Å². The number of carbonyl (C=O) groups excluding carboxylic acids is 3. The van der Waals surface area contributed by atoms with Crippen LogP contribution in [0.4, 0.5) is 8.78 Å². The molecule has 3 N–H and O–H groups in total. The van der Waals surface area contributed by atoms with Gasteiger partial charge in [0, 0.05) is 29.8 Å². The molecule has 1 aromatic heterocycles. The lowest BCUT2D eigenvalue weighted by atomic mass is 9.84. The molecule has 1 aliphatic carbocycles. The van der Waals surface area contributed by atoms with E-state index in [0.29, 0.717) is 5.56 Å². The van der Waals surface area contributed by atoms with Crippen molar-refractivity contribution in [2.45, 2.75) is 79.9 Å². The van der Waals surface area contributed by atoms with Crippen LogP contribution in [-0.4, -0.2) is 67.9 Å². The van der Waals surface area contributed by atoms with E-state index < -0.39 is 56.9 Å². The third-order valence-corrected chi connectivity index (χ3v) is 13.4. The van der Waals surface area contributed by atoms with Gasteiger partial charge >= 0.3 is 0 Å². The Morgan fingerprint density at radius 2 is 1.52 bits per heavy atom. The molecule has 0 radical (unpaired) electrons. The van der Waals surface area contributed by atoms with Gasteiger partial charge in [-0.25, -0.2) is 13.8 Å². The van der Waals surface area contributed by atoms with Crippen LogP contribution in [0.15, 0.2) is 115 Å². The number of aliphatic hydroxyl groups excluding tert-OH is 1. The number of carbonyl (C=O) groups is 3. The number of nitrogens with one attached hydrogen (secondary N) is 2. The van der Waals surface area contributed by atoms with E-state index >= 15 is 8.78 Å². The zero-order chi connectivity index (χ0) is 39.7. The molecule has 5 aromatic rings. The number of alkyl halides is 1. The Morgan fingerprint density at radius 3 is 2.02 bits per heavy atom. The average molecular weight is 795 g/mol. The van der Waals surface area contributed by atoms with Gasteiger partial charge in [0.1, 0.15) is 17.9 Å². The average Bonchev–Trinajstić information content (AvgIpc) is 3.61. The van der Waals surface area contributed by atoms with Gasteiger partial charge in [0.15, 0.2) is 5.67 Å². The Morgan fingerprint density at radius 1 is 0.946 bits per heavy atom. The van der Waals surface area contributed by atoms with Gasteiger partial charge in [-0.05, 0) is 61.9 Å². The van der Waals surface area contributed by atoms with Gasteiger partial charge in [-0.1, -0.05) is 103 Å². The summed E-state index contributed by atoms with van der Waals surface area (Å²) in [4.78, 5) is 48.7. The second-order valence-corrected chi connectivity index (χ2v) is 17.8. The predicted molar refractivity (Wildman–Crippen MR) is 216 cm³/mol. The van der Waals surface area contributed by atoms with Crippen molar-refractivity contribution in [1.29, 1.82) is 0 Å². The Bertz CT molecular complexity index is 2100. The van der Waals surface area contributed by atoms with Crippen molar-refractivity contribution in [3.63, 3.8) is 0 Å². The van der Waals surface area contributed by atoms with Gasteiger partial charge < -0.3 is 20.6 Å². The van der Waals surface area contributed by atoms with Crippen molar-refractivity contribution in [2.75, 3.05) is 6.54 Å². The lowest BCUT2D eigenvalue weighted by Crippen LogP contribution is -2.61. The van der Waals surface area contributed by atoms with Gasteiger partial charge in [0.05, 0.1) is 26.9 Å². The van der Waals surface area contributed by atoms with Crippen molar-refractivity contribution in [3.8, 4) is 10.4 Å². The summed E-state index contributed by atoms with van der Waals surface area (Å²) in [6.45, 7) is 5.20. The number of hydrogen-bond acceptors (Lipinski definition) is 7. The molecule has 290 valence electrons. The van der Waals surface area contributed by atoms with Gasteiger partial charge in [0.2, 0.25) is 11.8 Å². The minimum atomic E-state index is -2.09. The summed E-state index contributed by atoms with van der Waals surface area (Å²) in [5.41, 5.74) is 4.10. The molecular formula is C44H44F2N4O4S2. The minimum absolute atomic E-state index is 0.0458. The molecule has 1 saturated heterocycles. The second kappa shape index (κ2) is 15.9. The number of thioether (sulfide) groups is 1. The number of hydrogen-bond donors (Lipinski definition) is 3. The molecule has 0 spiro atoms. The van der Waals surface area contributed by atoms with Gasteiger partial charge in [-0.3, -0.25) is 14.4 Å². The summed E-state index contributed by atoms with van der Waals surface area (Å²) in [6, 6.07) is 31.9. The molecule has 3 atom stereocenters. The molecule has 0 unspecified atom stereocenters. The van der Waals surface area contributed by atoms with E-state index in [1.54, 1.807) is 17.6 Å². The summed E-state index contributed by atoms with van der Waals surface area (Å²) < 4.78 is 28.6. The number of benzene rings is 4. The summed E-state index contributed by atoms with van der Waals surface area (Å²) in [5.74, 6) is -2.60. The summed E-state index contributed by atoms with van der Waals surface area (Å²) in [5, 5.41) is 16.4. The minimum Gasteiger partial charge on any atom is -0.391 e. The Balaban J connectivity index is 1.21. The maximum Gasteiger partial charge on any atom is 0.258 e. The van der Waals surface area contributed by atoms with Crippen molar-refractivity contribution < 1.29 is 28.3 Å². The van der Waals surface area contributed by atoms with Gasteiger partial charge in [-0.2, -0.15) is 0 Å². The largest absolute Gasteiger partial charge is 0.391 e. The lowest BCUT2D eigenvalue weighted by Gasteiger charge is -2.45. The first-order valence-electron chi connectivity index (χ1n) is 18.6. The molecule has 7 rings (SSSR count). The van der Waals surface area contributed by atoms with Crippen molar-refractivity contribution in [3.05, 3.63) is 148 Å². The lowest BCUT2D eigenvalue weighted by molar-refractivity contribution is -0.143. The zero-order valence-corrected chi connectivity index (χ0v) is 33.0. The first-order valence-corrected chi connectivity index (χ1v) is 20.3. The molecule has 3 amide bonds. The maximum absolute atomic E-state index is 15.4. The number of amides is 3.